The van der Waals surface area contributed by atoms with Crippen molar-refractivity contribution >= 4 is 17.8 Å². The molecule has 1 rings (SSSR count). The van der Waals surface area contributed by atoms with Crippen LogP contribution in [0.1, 0.15) is 51.9 Å². The molecule has 1 fully saturated rings. The van der Waals surface area contributed by atoms with Gasteiger partial charge in [0.1, 0.15) is 0 Å². The summed E-state index contributed by atoms with van der Waals surface area (Å²) in [5.41, 5.74) is 0. The number of nitrogens with zero attached hydrogens (tertiary/aromatic N) is 1. The van der Waals surface area contributed by atoms with Crippen LogP contribution < -0.4 is 0 Å². The van der Waals surface area contributed by atoms with E-state index in [1.807, 2.05) is 0 Å². The van der Waals surface area contributed by atoms with E-state index >= 15 is 0 Å². The molecule has 1 heterocycles. The van der Waals surface area contributed by atoms with Gasteiger partial charge in [0.2, 0.25) is 11.8 Å². The molecule has 0 atom stereocenters. The largest absolute Gasteiger partial charge is 0.466 e. The van der Waals surface area contributed by atoms with E-state index in [0.717, 1.165) is 25.7 Å². The Kier molecular flexibility index (Phi) is 6.39. The number of hydrogen-bond donors (Lipinski definition) is 0. The van der Waals surface area contributed by atoms with Gasteiger partial charge in [-0.2, -0.15) is 0 Å². The third kappa shape index (κ3) is 4.85. The number of likely N-dealkylation sites (tertiary alicyclic amines) is 1. The Morgan fingerprint density at radius 2 is 1.72 bits per heavy atom. The van der Waals surface area contributed by atoms with Crippen molar-refractivity contribution in [3.8, 4) is 0 Å². The summed E-state index contributed by atoms with van der Waals surface area (Å²) >= 11 is 0. The number of ether oxygens (including phenoxy) is 1. The van der Waals surface area contributed by atoms with E-state index in [9.17, 15) is 14.4 Å². The van der Waals surface area contributed by atoms with Gasteiger partial charge in [-0.25, -0.2) is 0 Å². The van der Waals surface area contributed by atoms with Crippen molar-refractivity contribution in [1.29, 1.82) is 0 Å². The number of unbranched alkanes of at least 4 members (excludes halogenated alkanes) is 3. The summed E-state index contributed by atoms with van der Waals surface area (Å²) in [5, 5.41) is 0. The molecule has 0 saturated carbocycles. The van der Waals surface area contributed by atoms with Gasteiger partial charge in [-0.3, -0.25) is 19.3 Å². The molecule has 0 spiro atoms. The summed E-state index contributed by atoms with van der Waals surface area (Å²) in [7, 11) is 0. The minimum absolute atomic E-state index is 0.0495. The Balaban J connectivity index is 2.00. The predicted molar refractivity (Wildman–Crippen MR) is 65.7 cm³/mol. The van der Waals surface area contributed by atoms with E-state index < -0.39 is 0 Å². The molecule has 0 radical (unpaired) electrons. The first kappa shape index (κ1) is 14.7. The molecular formula is C13H21NO4. The Bertz CT molecular complexity index is 298. The minimum Gasteiger partial charge on any atom is -0.466 e. The van der Waals surface area contributed by atoms with Gasteiger partial charge in [0.25, 0.3) is 0 Å². The minimum atomic E-state index is -0.151. The highest BCUT2D eigenvalue weighted by atomic mass is 16.5. The van der Waals surface area contributed by atoms with Gasteiger partial charge in [0.15, 0.2) is 0 Å². The van der Waals surface area contributed by atoms with Crippen molar-refractivity contribution in [3.05, 3.63) is 0 Å². The molecule has 2 amide bonds. The maximum absolute atomic E-state index is 11.3. The summed E-state index contributed by atoms with van der Waals surface area (Å²) < 4.78 is 4.82. The fourth-order valence-electron chi connectivity index (χ4n) is 2.00. The second-order valence-electron chi connectivity index (χ2n) is 4.41. The van der Waals surface area contributed by atoms with Crippen molar-refractivity contribution in [2.45, 2.75) is 51.9 Å². The van der Waals surface area contributed by atoms with Crippen molar-refractivity contribution in [3.63, 3.8) is 0 Å². The molecule has 0 N–H and O–H groups in total. The standard InChI is InChI=1S/C13H21NO4/c1-2-18-13(17)7-5-3-4-6-10-14-11(15)8-9-12(14)16/h2-10H2,1H3. The third-order valence-corrected chi connectivity index (χ3v) is 2.97. The van der Waals surface area contributed by atoms with Crippen LogP contribution in [0, 0.1) is 0 Å². The molecule has 0 unspecified atom stereocenters. The van der Waals surface area contributed by atoms with Crippen LogP contribution in [-0.4, -0.2) is 35.8 Å². The summed E-state index contributed by atoms with van der Waals surface area (Å²) in [6.07, 6.45) is 4.66. The number of amides is 2. The van der Waals surface area contributed by atoms with Gasteiger partial charge in [0, 0.05) is 25.8 Å². The van der Waals surface area contributed by atoms with Crippen LogP contribution in [0.3, 0.4) is 0 Å². The maximum Gasteiger partial charge on any atom is 0.305 e. The number of carbonyl (C=O) groups is 3. The van der Waals surface area contributed by atoms with Gasteiger partial charge >= 0.3 is 5.97 Å². The Morgan fingerprint density at radius 1 is 1.11 bits per heavy atom. The third-order valence-electron chi connectivity index (χ3n) is 2.97. The number of rotatable bonds is 8. The lowest BCUT2D eigenvalue weighted by atomic mass is 10.1. The normalized spacial score (nSPS) is 15.3. The van der Waals surface area contributed by atoms with Crippen LogP contribution in [0.4, 0.5) is 0 Å². The number of carbonyl (C=O) groups excluding carboxylic acids is 3. The van der Waals surface area contributed by atoms with Crippen LogP contribution in [-0.2, 0) is 19.1 Å². The zero-order chi connectivity index (χ0) is 13.4. The highest BCUT2D eigenvalue weighted by molar-refractivity contribution is 6.01. The van der Waals surface area contributed by atoms with Gasteiger partial charge in [0.05, 0.1) is 6.61 Å². The molecule has 102 valence electrons. The topological polar surface area (TPSA) is 63.7 Å². The van der Waals surface area contributed by atoms with Crippen LogP contribution in [0.25, 0.3) is 0 Å². The number of hydrogen-bond acceptors (Lipinski definition) is 4. The lowest BCUT2D eigenvalue weighted by molar-refractivity contribution is -0.143. The number of imide groups is 1. The van der Waals surface area contributed by atoms with Gasteiger partial charge in [-0.05, 0) is 19.8 Å². The average molecular weight is 255 g/mol. The Morgan fingerprint density at radius 3 is 2.33 bits per heavy atom. The lowest BCUT2D eigenvalue weighted by Gasteiger charge is -2.12. The summed E-state index contributed by atoms with van der Waals surface area (Å²) in [6.45, 7) is 2.75. The molecular weight excluding hydrogens is 234 g/mol. The Hall–Kier alpha value is -1.39. The van der Waals surface area contributed by atoms with Crippen LogP contribution in [0.15, 0.2) is 0 Å². The molecule has 1 aliphatic rings. The monoisotopic (exact) mass is 255 g/mol. The molecule has 0 aromatic rings. The second kappa shape index (κ2) is 7.84. The molecule has 18 heavy (non-hydrogen) atoms. The zero-order valence-corrected chi connectivity index (χ0v) is 10.9. The molecule has 1 aliphatic heterocycles. The molecule has 0 aromatic carbocycles. The quantitative estimate of drug-likeness (QED) is 0.376. The summed E-state index contributed by atoms with van der Waals surface area (Å²) in [4.78, 5) is 35.0. The fourth-order valence-corrected chi connectivity index (χ4v) is 2.00. The lowest BCUT2D eigenvalue weighted by Crippen LogP contribution is -2.29. The molecule has 0 aliphatic carbocycles. The van der Waals surface area contributed by atoms with Crippen LogP contribution >= 0.6 is 0 Å². The first-order valence-corrected chi connectivity index (χ1v) is 6.64. The molecule has 5 nitrogen and oxygen atoms in total. The van der Waals surface area contributed by atoms with Crippen molar-refractivity contribution in [2.75, 3.05) is 13.2 Å². The second-order valence-corrected chi connectivity index (χ2v) is 4.41. The van der Waals surface area contributed by atoms with Gasteiger partial charge in [-0.15, -0.1) is 0 Å². The van der Waals surface area contributed by atoms with Crippen molar-refractivity contribution in [1.82, 2.24) is 4.90 Å². The van der Waals surface area contributed by atoms with E-state index in [1.165, 1.54) is 4.90 Å². The summed E-state index contributed by atoms with van der Waals surface area (Å²) in [6, 6.07) is 0. The molecule has 5 heteroatoms. The van der Waals surface area contributed by atoms with Gasteiger partial charge < -0.3 is 4.74 Å². The highest BCUT2D eigenvalue weighted by Crippen LogP contribution is 2.13. The van der Waals surface area contributed by atoms with Crippen LogP contribution in [0.2, 0.25) is 0 Å². The zero-order valence-electron chi connectivity index (χ0n) is 10.9. The number of esters is 1. The van der Waals surface area contributed by atoms with Crippen molar-refractivity contribution < 1.29 is 19.1 Å². The van der Waals surface area contributed by atoms with E-state index in [2.05, 4.69) is 0 Å². The SMILES string of the molecule is CCOC(=O)CCCCCCN1C(=O)CCC1=O. The smallest absolute Gasteiger partial charge is 0.305 e. The highest BCUT2D eigenvalue weighted by Gasteiger charge is 2.27. The van der Waals surface area contributed by atoms with Gasteiger partial charge in [-0.1, -0.05) is 12.8 Å². The van der Waals surface area contributed by atoms with E-state index in [-0.39, 0.29) is 17.8 Å². The fraction of sp³-hybridized carbons (Fsp3) is 0.769. The molecule has 0 aromatic heterocycles. The van der Waals surface area contributed by atoms with Crippen molar-refractivity contribution in [2.24, 2.45) is 0 Å². The van der Waals surface area contributed by atoms with E-state index in [1.54, 1.807) is 6.92 Å². The first-order chi connectivity index (χ1) is 8.65. The van der Waals surface area contributed by atoms with E-state index in [4.69, 9.17) is 4.74 Å². The molecule has 1 saturated heterocycles. The predicted octanol–water partition coefficient (Wildman–Crippen LogP) is 1.65. The molecule has 0 bridgehead atoms. The average Bonchev–Trinajstić information content (AvgIpc) is 2.65. The summed E-state index contributed by atoms with van der Waals surface area (Å²) in [5.74, 6) is -0.250. The van der Waals surface area contributed by atoms with Crippen LogP contribution in [0.5, 0.6) is 0 Å². The maximum atomic E-state index is 11.3. The first-order valence-electron chi connectivity index (χ1n) is 6.64. The van der Waals surface area contributed by atoms with E-state index in [0.29, 0.717) is 32.4 Å². The Labute approximate surface area is 107 Å².